The lowest BCUT2D eigenvalue weighted by atomic mass is 10.2. The van der Waals surface area contributed by atoms with Crippen molar-refractivity contribution in [2.75, 3.05) is 0 Å². The predicted molar refractivity (Wildman–Crippen MR) is 54.6 cm³/mol. The van der Waals surface area contributed by atoms with Crippen LogP contribution in [0.5, 0.6) is 0 Å². The number of nitrogens with zero attached hydrogens (tertiary/aromatic N) is 1. The molecule has 5 nitrogen and oxygen atoms in total. The van der Waals surface area contributed by atoms with Gasteiger partial charge in [-0.25, -0.2) is 9.59 Å². The molecule has 16 heavy (non-hydrogen) atoms. The van der Waals surface area contributed by atoms with Crippen molar-refractivity contribution >= 4 is 12.1 Å². The van der Waals surface area contributed by atoms with Gasteiger partial charge in [-0.1, -0.05) is 30.3 Å². The van der Waals surface area contributed by atoms with E-state index in [0.717, 1.165) is 4.90 Å². The van der Waals surface area contributed by atoms with E-state index in [1.165, 1.54) is 6.92 Å². The molecule has 1 heterocycles. The van der Waals surface area contributed by atoms with Crippen molar-refractivity contribution in [1.29, 1.82) is 0 Å². The first-order chi connectivity index (χ1) is 7.61. The molecule has 1 unspecified atom stereocenters. The minimum atomic E-state index is -1.16. The number of esters is 1. The Morgan fingerprint density at radius 1 is 1.38 bits per heavy atom. The molecule has 0 bridgehead atoms. The van der Waals surface area contributed by atoms with Gasteiger partial charge in [0.15, 0.2) is 0 Å². The highest BCUT2D eigenvalue weighted by molar-refractivity contribution is 5.83. The summed E-state index contributed by atoms with van der Waals surface area (Å²) in [6, 6.07) is 8.05. The second-order valence-corrected chi connectivity index (χ2v) is 3.57. The van der Waals surface area contributed by atoms with E-state index in [1.807, 2.05) is 6.07 Å². The average Bonchev–Trinajstić information content (AvgIpc) is 2.57. The maximum absolute atomic E-state index is 11.3. The molecule has 2 atom stereocenters. The third kappa shape index (κ3) is 1.60. The summed E-state index contributed by atoms with van der Waals surface area (Å²) in [5.74, 6) is -0.517. The van der Waals surface area contributed by atoms with Gasteiger partial charge >= 0.3 is 12.1 Å². The zero-order valence-corrected chi connectivity index (χ0v) is 8.66. The Kier molecular flexibility index (Phi) is 2.52. The van der Waals surface area contributed by atoms with Crippen LogP contribution < -0.4 is 0 Å². The molecule has 0 aromatic heterocycles. The van der Waals surface area contributed by atoms with Gasteiger partial charge in [0, 0.05) is 5.56 Å². The van der Waals surface area contributed by atoms with Gasteiger partial charge in [0.05, 0.1) is 0 Å². The standard InChI is InChI=1S/C11H11NO4/c1-7-10(13)16-9(12(7)11(14)15)8-5-3-2-4-6-8/h2-7,9H,1H3,(H,14,15)/t7?,9-/m0/s1. The lowest BCUT2D eigenvalue weighted by molar-refractivity contribution is -0.142. The molecule has 0 radical (unpaired) electrons. The van der Waals surface area contributed by atoms with Gasteiger partial charge in [-0.05, 0) is 6.92 Å². The lowest BCUT2D eigenvalue weighted by Gasteiger charge is -2.21. The first-order valence-electron chi connectivity index (χ1n) is 4.88. The zero-order valence-electron chi connectivity index (χ0n) is 8.66. The molecular weight excluding hydrogens is 210 g/mol. The molecular formula is C11H11NO4. The van der Waals surface area contributed by atoms with Crippen molar-refractivity contribution in [3.8, 4) is 0 Å². The maximum atomic E-state index is 11.3. The van der Waals surface area contributed by atoms with E-state index in [4.69, 9.17) is 9.84 Å². The fourth-order valence-corrected chi connectivity index (χ4v) is 1.69. The third-order valence-electron chi connectivity index (χ3n) is 2.54. The fraction of sp³-hybridized carbons (Fsp3) is 0.273. The molecule has 0 aliphatic carbocycles. The monoisotopic (exact) mass is 221 g/mol. The summed E-state index contributed by atoms with van der Waals surface area (Å²) in [5.41, 5.74) is 0.655. The Labute approximate surface area is 92.2 Å². The third-order valence-corrected chi connectivity index (χ3v) is 2.54. The minimum absolute atomic E-state index is 0.517. The second-order valence-electron chi connectivity index (χ2n) is 3.57. The number of cyclic esters (lactones) is 1. The van der Waals surface area contributed by atoms with Gasteiger partial charge in [-0.3, -0.25) is 4.90 Å². The highest BCUT2D eigenvalue weighted by atomic mass is 16.6. The number of hydrogen-bond donors (Lipinski definition) is 1. The van der Waals surface area contributed by atoms with E-state index in [-0.39, 0.29) is 0 Å². The normalized spacial score (nSPS) is 24.3. The van der Waals surface area contributed by atoms with Gasteiger partial charge in [0.2, 0.25) is 6.23 Å². The molecule has 2 rings (SSSR count). The summed E-state index contributed by atoms with van der Waals surface area (Å²) >= 11 is 0. The van der Waals surface area contributed by atoms with Crippen LogP contribution in [-0.2, 0) is 9.53 Å². The first-order valence-corrected chi connectivity index (χ1v) is 4.88. The van der Waals surface area contributed by atoms with Crippen LogP contribution in [0.15, 0.2) is 30.3 Å². The molecule has 1 N–H and O–H groups in total. The van der Waals surface area contributed by atoms with Crippen molar-refractivity contribution in [3.05, 3.63) is 35.9 Å². The molecule has 1 aromatic rings. The summed E-state index contributed by atoms with van der Waals surface area (Å²) in [4.78, 5) is 23.4. The second kappa shape index (κ2) is 3.84. The van der Waals surface area contributed by atoms with Crippen LogP contribution >= 0.6 is 0 Å². The van der Waals surface area contributed by atoms with Gasteiger partial charge < -0.3 is 9.84 Å². The Bertz CT molecular complexity index is 417. The molecule has 1 aromatic carbocycles. The van der Waals surface area contributed by atoms with E-state index in [9.17, 15) is 9.59 Å². The Hall–Kier alpha value is -2.04. The van der Waals surface area contributed by atoms with Crippen LogP contribution in [0.3, 0.4) is 0 Å². The van der Waals surface area contributed by atoms with E-state index >= 15 is 0 Å². The average molecular weight is 221 g/mol. The Morgan fingerprint density at radius 3 is 2.56 bits per heavy atom. The molecule has 1 fully saturated rings. The van der Waals surface area contributed by atoms with Crippen LogP contribution in [-0.4, -0.2) is 28.1 Å². The number of rotatable bonds is 1. The van der Waals surface area contributed by atoms with Crippen LogP contribution in [0.4, 0.5) is 4.79 Å². The molecule has 84 valence electrons. The molecule has 1 aliphatic heterocycles. The fourth-order valence-electron chi connectivity index (χ4n) is 1.69. The molecule has 5 heteroatoms. The van der Waals surface area contributed by atoms with Crippen molar-refractivity contribution in [2.24, 2.45) is 0 Å². The van der Waals surface area contributed by atoms with Crippen molar-refractivity contribution in [2.45, 2.75) is 19.2 Å². The van der Waals surface area contributed by atoms with Crippen LogP contribution in [0.25, 0.3) is 0 Å². The predicted octanol–water partition coefficient (Wildman–Crippen LogP) is 1.61. The SMILES string of the molecule is CC1C(=O)O[C@@H](c2ccccc2)N1C(=O)O. The highest BCUT2D eigenvalue weighted by Crippen LogP contribution is 2.31. The smallest absolute Gasteiger partial charge is 0.411 e. The van der Waals surface area contributed by atoms with Crippen molar-refractivity contribution in [3.63, 3.8) is 0 Å². The van der Waals surface area contributed by atoms with Gasteiger partial charge in [0.25, 0.3) is 0 Å². The highest BCUT2D eigenvalue weighted by Gasteiger charge is 2.43. The largest absolute Gasteiger partial charge is 0.465 e. The number of carbonyl (C=O) groups is 2. The summed E-state index contributed by atoms with van der Waals surface area (Å²) in [5, 5.41) is 9.03. The summed E-state index contributed by atoms with van der Waals surface area (Å²) in [6.07, 6.45) is -1.99. The lowest BCUT2D eigenvalue weighted by Crippen LogP contribution is -2.36. The van der Waals surface area contributed by atoms with Gasteiger partial charge in [-0.15, -0.1) is 0 Å². The van der Waals surface area contributed by atoms with Crippen molar-refractivity contribution < 1.29 is 19.4 Å². The maximum Gasteiger partial charge on any atom is 0.411 e. The molecule has 0 saturated carbocycles. The summed E-state index contributed by atoms with van der Waals surface area (Å²) in [7, 11) is 0. The van der Waals surface area contributed by atoms with Crippen molar-refractivity contribution in [1.82, 2.24) is 4.90 Å². The van der Waals surface area contributed by atoms with E-state index in [1.54, 1.807) is 24.3 Å². The minimum Gasteiger partial charge on any atom is -0.465 e. The molecule has 1 aliphatic rings. The number of hydrogen-bond acceptors (Lipinski definition) is 3. The summed E-state index contributed by atoms with van der Waals surface area (Å²) < 4.78 is 5.04. The van der Waals surface area contributed by atoms with E-state index < -0.39 is 24.3 Å². The van der Waals surface area contributed by atoms with Gasteiger partial charge in [-0.2, -0.15) is 0 Å². The molecule has 0 spiro atoms. The van der Waals surface area contributed by atoms with Gasteiger partial charge in [0.1, 0.15) is 6.04 Å². The Balaban J connectivity index is 2.34. The molecule has 1 saturated heterocycles. The molecule has 1 amide bonds. The Morgan fingerprint density at radius 2 is 2.00 bits per heavy atom. The zero-order chi connectivity index (χ0) is 11.7. The number of ether oxygens (including phenoxy) is 1. The van der Waals surface area contributed by atoms with E-state index in [2.05, 4.69) is 0 Å². The number of amides is 1. The number of carbonyl (C=O) groups excluding carboxylic acids is 1. The number of benzene rings is 1. The quantitative estimate of drug-likeness (QED) is 0.731. The summed E-state index contributed by atoms with van der Waals surface area (Å²) in [6.45, 7) is 1.51. The van der Waals surface area contributed by atoms with E-state index in [0.29, 0.717) is 5.56 Å². The van der Waals surface area contributed by atoms with Crippen LogP contribution in [0, 0.1) is 0 Å². The first kappa shape index (κ1) is 10.5. The van der Waals surface area contributed by atoms with Crippen LogP contribution in [0.1, 0.15) is 18.7 Å². The topological polar surface area (TPSA) is 66.8 Å². The van der Waals surface area contributed by atoms with Crippen LogP contribution in [0.2, 0.25) is 0 Å². The number of carboxylic acid groups (broad SMARTS) is 1.